The standard InChI is InChI=1S/C13H20FN3OS/c1-17(7-8-18-2)6-5-16-12-4-3-10(14)9-11(12)13(15)19/h3-4,9,16H,5-8H2,1-2H3,(H2,15,19). The molecule has 0 aliphatic rings. The van der Waals surface area contributed by atoms with Crippen LogP contribution in [0.25, 0.3) is 0 Å². The molecule has 1 aromatic rings. The third kappa shape index (κ3) is 5.50. The minimum atomic E-state index is -0.342. The molecule has 1 rings (SSSR count). The highest BCUT2D eigenvalue weighted by atomic mass is 32.1. The van der Waals surface area contributed by atoms with Gasteiger partial charge in [-0.3, -0.25) is 0 Å². The molecule has 0 fully saturated rings. The lowest BCUT2D eigenvalue weighted by Crippen LogP contribution is -2.28. The normalized spacial score (nSPS) is 10.7. The van der Waals surface area contributed by atoms with Gasteiger partial charge in [-0.1, -0.05) is 12.2 Å². The van der Waals surface area contributed by atoms with Crippen molar-refractivity contribution in [3.63, 3.8) is 0 Å². The Kier molecular flexibility index (Phi) is 6.69. The van der Waals surface area contributed by atoms with E-state index < -0.39 is 0 Å². The average Bonchev–Trinajstić information content (AvgIpc) is 2.37. The zero-order valence-electron chi connectivity index (χ0n) is 11.3. The first-order valence-electron chi connectivity index (χ1n) is 6.05. The predicted molar refractivity (Wildman–Crippen MR) is 80.2 cm³/mol. The van der Waals surface area contributed by atoms with Gasteiger partial charge in [0.1, 0.15) is 10.8 Å². The average molecular weight is 285 g/mol. The first-order valence-corrected chi connectivity index (χ1v) is 6.46. The van der Waals surface area contributed by atoms with Crippen LogP contribution in [0.15, 0.2) is 18.2 Å². The number of likely N-dealkylation sites (N-methyl/N-ethyl adjacent to an activating group) is 1. The maximum Gasteiger partial charge on any atom is 0.124 e. The van der Waals surface area contributed by atoms with Gasteiger partial charge in [-0.25, -0.2) is 4.39 Å². The number of methoxy groups -OCH3 is 1. The predicted octanol–water partition coefficient (Wildman–Crippen LogP) is 1.45. The van der Waals surface area contributed by atoms with Crippen LogP contribution >= 0.6 is 12.2 Å². The van der Waals surface area contributed by atoms with E-state index in [4.69, 9.17) is 22.7 Å². The van der Waals surface area contributed by atoms with E-state index in [0.29, 0.717) is 12.2 Å². The van der Waals surface area contributed by atoms with Gasteiger partial charge >= 0.3 is 0 Å². The Balaban J connectivity index is 2.51. The van der Waals surface area contributed by atoms with Crippen LogP contribution in [0.3, 0.4) is 0 Å². The van der Waals surface area contributed by atoms with Gasteiger partial charge in [0, 0.05) is 38.0 Å². The highest BCUT2D eigenvalue weighted by molar-refractivity contribution is 7.80. The van der Waals surface area contributed by atoms with Crippen LogP contribution in [0.5, 0.6) is 0 Å². The van der Waals surface area contributed by atoms with Crippen LogP contribution in [0.4, 0.5) is 10.1 Å². The van der Waals surface area contributed by atoms with Gasteiger partial charge < -0.3 is 20.7 Å². The number of hydrogen-bond acceptors (Lipinski definition) is 4. The molecule has 0 spiro atoms. The van der Waals surface area contributed by atoms with E-state index in [1.807, 2.05) is 7.05 Å². The second-order valence-electron chi connectivity index (χ2n) is 4.28. The van der Waals surface area contributed by atoms with E-state index in [1.54, 1.807) is 13.2 Å². The lowest BCUT2D eigenvalue weighted by atomic mass is 10.1. The molecule has 19 heavy (non-hydrogen) atoms. The number of halogens is 1. The summed E-state index contributed by atoms with van der Waals surface area (Å²) in [5.41, 5.74) is 6.87. The topological polar surface area (TPSA) is 50.5 Å². The minimum Gasteiger partial charge on any atom is -0.389 e. The van der Waals surface area contributed by atoms with Gasteiger partial charge in [-0.05, 0) is 25.2 Å². The second-order valence-corrected chi connectivity index (χ2v) is 4.72. The van der Waals surface area contributed by atoms with E-state index in [-0.39, 0.29) is 10.8 Å². The van der Waals surface area contributed by atoms with Crippen molar-refractivity contribution in [3.8, 4) is 0 Å². The molecule has 0 aliphatic heterocycles. The van der Waals surface area contributed by atoms with Crippen molar-refractivity contribution in [2.45, 2.75) is 0 Å². The molecular weight excluding hydrogens is 265 g/mol. The third-order valence-corrected chi connectivity index (χ3v) is 2.95. The molecule has 0 atom stereocenters. The second kappa shape index (κ2) is 8.04. The number of ether oxygens (including phenoxy) is 1. The van der Waals surface area contributed by atoms with Gasteiger partial charge in [0.2, 0.25) is 0 Å². The maximum absolute atomic E-state index is 13.1. The van der Waals surface area contributed by atoms with Gasteiger partial charge in [-0.15, -0.1) is 0 Å². The van der Waals surface area contributed by atoms with Crippen molar-refractivity contribution in [2.24, 2.45) is 5.73 Å². The fourth-order valence-corrected chi connectivity index (χ4v) is 1.78. The molecule has 3 N–H and O–H groups in total. The van der Waals surface area contributed by atoms with E-state index in [9.17, 15) is 4.39 Å². The number of rotatable bonds is 8. The summed E-state index contributed by atoms with van der Waals surface area (Å²) in [6.07, 6.45) is 0. The van der Waals surface area contributed by atoms with Crippen molar-refractivity contribution in [2.75, 3.05) is 45.7 Å². The van der Waals surface area contributed by atoms with Gasteiger partial charge in [0.25, 0.3) is 0 Å². The number of hydrogen-bond donors (Lipinski definition) is 2. The van der Waals surface area contributed by atoms with Crippen molar-refractivity contribution in [3.05, 3.63) is 29.6 Å². The largest absolute Gasteiger partial charge is 0.389 e. The summed E-state index contributed by atoms with van der Waals surface area (Å²) in [6, 6.07) is 4.39. The summed E-state index contributed by atoms with van der Waals surface area (Å²) in [4.78, 5) is 2.33. The number of nitrogens with one attached hydrogen (secondary N) is 1. The Morgan fingerprint density at radius 1 is 1.47 bits per heavy atom. The van der Waals surface area contributed by atoms with Crippen LogP contribution in [-0.4, -0.2) is 50.3 Å². The molecule has 0 heterocycles. The Bertz CT molecular complexity index is 428. The molecule has 0 aliphatic carbocycles. The van der Waals surface area contributed by atoms with Crippen molar-refractivity contribution >= 4 is 22.9 Å². The zero-order chi connectivity index (χ0) is 14.3. The Morgan fingerprint density at radius 2 is 2.21 bits per heavy atom. The molecule has 0 saturated heterocycles. The molecule has 6 heteroatoms. The molecule has 4 nitrogen and oxygen atoms in total. The van der Waals surface area contributed by atoms with Crippen LogP contribution < -0.4 is 11.1 Å². The number of nitrogens with two attached hydrogens (primary N) is 1. The summed E-state index contributed by atoms with van der Waals surface area (Å²) in [6.45, 7) is 3.13. The highest BCUT2D eigenvalue weighted by Gasteiger charge is 2.06. The summed E-state index contributed by atoms with van der Waals surface area (Å²) < 4.78 is 18.1. The van der Waals surface area contributed by atoms with Crippen LogP contribution in [0.1, 0.15) is 5.56 Å². The Hall–Kier alpha value is -1.24. The fourth-order valence-electron chi connectivity index (χ4n) is 1.61. The Labute approximate surface area is 118 Å². The van der Waals surface area contributed by atoms with Gasteiger partial charge in [-0.2, -0.15) is 0 Å². The van der Waals surface area contributed by atoms with Crippen molar-refractivity contribution in [1.82, 2.24) is 4.90 Å². The van der Waals surface area contributed by atoms with Crippen molar-refractivity contribution < 1.29 is 9.13 Å². The van der Waals surface area contributed by atoms with E-state index in [0.717, 1.165) is 25.3 Å². The quantitative estimate of drug-likeness (QED) is 0.708. The Morgan fingerprint density at radius 3 is 2.84 bits per heavy atom. The summed E-state index contributed by atoms with van der Waals surface area (Å²) in [7, 11) is 3.69. The minimum absolute atomic E-state index is 0.190. The number of nitrogens with zero attached hydrogens (tertiary/aromatic N) is 1. The first-order chi connectivity index (χ1) is 9.04. The molecule has 0 unspecified atom stereocenters. The van der Waals surface area contributed by atoms with Crippen LogP contribution in [0.2, 0.25) is 0 Å². The number of anilines is 1. The van der Waals surface area contributed by atoms with Crippen LogP contribution in [-0.2, 0) is 4.74 Å². The fraction of sp³-hybridized carbons (Fsp3) is 0.462. The summed E-state index contributed by atoms with van der Waals surface area (Å²) in [5.74, 6) is -0.342. The van der Waals surface area contributed by atoms with Gasteiger partial charge in [0.15, 0.2) is 0 Å². The number of thiocarbonyl (C=S) groups is 1. The monoisotopic (exact) mass is 285 g/mol. The van der Waals surface area contributed by atoms with Crippen molar-refractivity contribution in [1.29, 1.82) is 0 Å². The number of benzene rings is 1. The molecule has 0 amide bonds. The van der Waals surface area contributed by atoms with E-state index >= 15 is 0 Å². The molecule has 0 aromatic heterocycles. The first kappa shape index (κ1) is 15.8. The lowest BCUT2D eigenvalue weighted by Gasteiger charge is -2.17. The molecule has 1 aromatic carbocycles. The van der Waals surface area contributed by atoms with E-state index in [1.165, 1.54) is 12.1 Å². The molecular formula is C13H20FN3OS. The van der Waals surface area contributed by atoms with Gasteiger partial charge in [0.05, 0.1) is 6.61 Å². The maximum atomic E-state index is 13.1. The van der Waals surface area contributed by atoms with Crippen LogP contribution in [0, 0.1) is 5.82 Å². The molecule has 0 bridgehead atoms. The van der Waals surface area contributed by atoms with E-state index in [2.05, 4.69) is 10.2 Å². The summed E-state index contributed by atoms with van der Waals surface area (Å²) >= 11 is 4.91. The SMILES string of the molecule is COCCN(C)CCNc1ccc(F)cc1C(N)=S. The lowest BCUT2D eigenvalue weighted by molar-refractivity contribution is 0.163. The third-order valence-electron chi connectivity index (χ3n) is 2.73. The smallest absolute Gasteiger partial charge is 0.124 e. The molecule has 0 saturated carbocycles. The summed E-state index contributed by atoms with van der Waals surface area (Å²) in [5, 5.41) is 3.21. The zero-order valence-corrected chi connectivity index (χ0v) is 12.1. The highest BCUT2D eigenvalue weighted by Crippen LogP contribution is 2.16. The molecule has 106 valence electrons. The molecule has 0 radical (unpaired) electrons.